The summed E-state index contributed by atoms with van der Waals surface area (Å²) < 4.78 is 58.2. The van der Waals surface area contributed by atoms with Gasteiger partial charge in [-0.2, -0.15) is 13.1 Å². The Morgan fingerprint density at radius 3 is 2.74 bits per heavy atom. The monoisotopic (exact) mass is 307 g/mol. The molecular formula is C10H11F2N3O2S2. The van der Waals surface area contributed by atoms with Gasteiger partial charge < -0.3 is 0 Å². The maximum atomic E-state index is 12.4. The molecule has 0 spiro atoms. The molecule has 2 aromatic rings. The highest BCUT2D eigenvalue weighted by Gasteiger charge is 2.28. The second-order valence-electron chi connectivity index (χ2n) is 3.73. The molecule has 0 atom stereocenters. The fraction of sp³-hybridized carbons (Fsp3) is 0.400. The van der Waals surface area contributed by atoms with Crippen molar-refractivity contribution in [3.8, 4) is 0 Å². The quantitative estimate of drug-likeness (QED) is 0.847. The van der Waals surface area contributed by atoms with Crippen LogP contribution in [0.1, 0.15) is 6.92 Å². The van der Waals surface area contributed by atoms with Gasteiger partial charge in [0, 0.05) is 6.54 Å². The van der Waals surface area contributed by atoms with E-state index >= 15 is 0 Å². The van der Waals surface area contributed by atoms with Crippen LogP contribution < -0.4 is 0 Å². The molecule has 0 aliphatic heterocycles. The molecule has 5 nitrogen and oxygen atoms in total. The Bertz CT molecular complexity index is 672. The van der Waals surface area contributed by atoms with E-state index in [-0.39, 0.29) is 17.0 Å². The number of rotatable bonds is 5. The molecule has 0 saturated heterocycles. The third kappa shape index (κ3) is 2.72. The first-order chi connectivity index (χ1) is 8.96. The summed E-state index contributed by atoms with van der Waals surface area (Å²) in [6, 6.07) is 4.50. The van der Waals surface area contributed by atoms with E-state index < -0.39 is 23.0 Å². The van der Waals surface area contributed by atoms with Gasteiger partial charge in [0.15, 0.2) is 0 Å². The highest BCUT2D eigenvalue weighted by molar-refractivity contribution is 7.89. The van der Waals surface area contributed by atoms with E-state index in [1.165, 1.54) is 19.1 Å². The number of alkyl halides is 2. The number of hydrogen-bond acceptors (Lipinski definition) is 5. The molecule has 1 heterocycles. The van der Waals surface area contributed by atoms with Crippen molar-refractivity contribution >= 4 is 32.8 Å². The van der Waals surface area contributed by atoms with Crippen LogP contribution in [0.2, 0.25) is 0 Å². The molecule has 9 heteroatoms. The van der Waals surface area contributed by atoms with Gasteiger partial charge in [-0.1, -0.05) is 13.0 Å². The molecule has 0 unspecified atom stereocenters. The van der Waals surface area contributed by atoms with Gasteiger partial charge in [-0.3, -0.25) is 0 Å². The van der Waals surface area contributed by atoms with Crippen LogP contribution in [-0.2, 0) is 10.0 Å². The van der Waals surface area contributed by atoms with Crippen LogP contribution in [-0.4, -0.2) is 41.0 Å². The predicted octanol–water partition coefficient (Wildman–Crippen LogP) is 1.97. The molecule has 104 valence electrons. The lowest BCUT2D eigenvalue weighted by molar-refractivity contribution is 0.121. The zero-order valence-corrected chi connectivity index (χ0v) is 11.6. The Kier molecular flexibility index (Phi) is 4.07. The number of halogens is 2. The molecule has 1 aromatic carbocycles. The van der Waals surface area contributed by atoms with Crippen molar-refractivity contribution in [2.75, 3.05) is 13.1 Å². The van der Waals surface area contributed by atoms with E-state index in [0.29, 0.717) is 5.52 Å². The normalized spacial score (nSPS) is 12.7. The summed E-state index contributed by atoms with van der Waals surface area (Å²) in [7, 11) is -3.99. The molecule has 2 rings (SSSR count). The Balaban J connectivity index is 2.51. The number of aromatic nitrogens is 2. The largest absolute Gasteiger partial charge is 0.252 e. The zero-order valence-electron chi connectivity index (χ0n) is 9.95. The molecule has 0 fully saturated rings. The fourth-order valence-electron chi connectivity index (χ4n) is 1.68. The van der Waals surface area contributed by atoms with Gasteiger partial charge in [-0.05, 0) is 12.1 Å². The molecule has 0 aliphatic carbocycles. The minimum absolute atomic E-state index is 0.0272. The van der Waals surface area contributed by atoms with E-state index in [2.05, 4.69) is 8.75 Å². The Hall–Kier alpha value is -1.19. The van der Waals surface area contributed by atoms with Crippen LogP contribution in [0.4, 0.5) is 8.78 Å². The maximum Gasteiger partial charge on any atom is 0.252 e. The summed E-state index contributed by atoms with van der Waals surface area (Å²) >= 11 is 0.885. The smallest absolute Gasteiger partial charge is 0.209 e. The van der Waals surface area contributed by atoms with Crippen molar-refractivity contribution in [1.29, 1.82) is 0 Å². The number of nitrogens with zero attached hydrogens (tertiary/aromatic N) is 3. The van der Waals surface area contributed by atoms with Crippen molar-refractivity contribution in [1.82, 2.24) is 13.1 Å². The highest BCUT2D eigenvalue weighted by Crippen LogP contribution is 2.24. The lowest BCUT2D eigenvalue weighted by Gasteiger charge is -2.19. The van der Waals surface area contributed by atoms with Gasteiger partial charge in [-0.25, -0.2) is 17.2 Å². The number of benzene rings is 1. The SMILES string of the molecule is CCN(CC(F)F)S(=O)(=O)c1cccc2nsnc12. The average molecular weight is 307 g/mol. The number of hydrogen-bond donors (Lipinski definition) is 0. The molecule has 0 aliphatic rings. The van der Waals surface area contributed by atoms with Gasteiger partial charge in [0.1, 0.15) is 15.9 Å². The average Bonchev–Trinajstić information content (AvgIpc) is 2.83. The second kappa shape index (κ2) is 5.43. The topological polar surface area (TPSA) is 63.2 Å². The van der Waals surface area contributed by atoms with Crippen molar-refractivity contribution in [2.45, 2.75) is 18.2 Å². The molecule has 0 N–H and O–H groups in total. The van der Waals surface area contributed by atoms with Crippen molar-refractivity contribution in [3.63, 3.8) is 0 Å². The van der Waals surface area contributed by atoms with Crippen LogP contribution in [0.15, 0.2) is 23.1 Å². The zero-order chi connectivity index (χ0) is 14.0. The molecule has 0 radical (unpaired) electrons. The van der Waals surface area contributed by atoms with Gasteiger partial charge in [-0.15, -0.1) is 0 Å². The Labute approximate surface area is 113 Å². The summed E-state index contributed by atoms with van der Waals surface area (Å²) in [6.07, 6.45) is -2.72. The summed E-state index contributed by atoms with van der Waals surface area (Å²) in [5.74, 6) is 0. The molecule has 19 heavy (non-hydrogen) atoms. The van der Waals surface area contributed by atoms with Crippen LogP contribution in [0, 0.1) is 0 Å². The van der Waals surface area contributed by atoms with Crippen LogP contribution in [0.25, 0.3) is 11.0 Å². The first-order valence-corrected chi connectivity index (χ1v) is 7.63. The molecule has 0 bridgehead atoms. The first-order valence-electron chi connectivity index (χ1n) is 5.46. The fourth-order valence-corrected chi connectivity index (χ4v) is 3.86. The van der Waals surface area contributed by atoms with Crippen molar-refractivity contribution in [2.24, 2.45) is 0 Å². The Morgan fingerprint density at radius 2 is 2.11 bits per heavy atom. The summed E-state index contributed by atoms with van der Waals surface area (Å²) in [5.41, 5.74) is 0.666. The van der Waals surface area contributed by atoms with Gasteiger partial charge in [0.05, 0.1) is 18.3 Å². The third-order valence-corrected chi connectivity index (χ3v) is 5.08. The summed E-state index contributed by atoms with van der Waals surface area (Å²) in [6.45, 7) is 0.660. The lowest BCUT2D eigenvalue weighted by Crippen LogP contribution is -2.35. The van der Waals surface area contributed by atoms with E-state index in [0.717, 1.165) is 16.0 Å². The number of fused-ring (bicyclic) bond motifs is 1. The van der Waals surface area contributed by atoms with Gasteiger partial charge >= 0.3 is 0 Å². The van der Waals surface area contributed by atoms with E-state index in [9.17, 15) is 17.2 Å². The minimum Gasteiger partial charge on any atom is -0.209 e. The van der Waals surface area contributed by atoms with Gasteiger partial charge in [0.25, 0.3) is 6.43 Å². The second-order valence-corrected chi connectivity index (χ2v) is 6.17. The summed E-state index contributed by atoms with van der Waals surface area (Å²) in [5, 5.41) is 0. The standard InChI is InChI=1S/C10H11F2N3O2S2/c1-2-15(6-9(11)12)19(16,17)8-5-3-4-7-10(8)14-18-13-7/h3-5,9H,2,6H2,1H3. The molecule has 0 amide bonds. The predicted molar refractivity (Wildman–Crippen MR) is 67.9 cm³/mol. The number of sulfonamides is 1. The van der Waals surface area contributed by atoms with Gasteiger partial charge in [0.2, 0.25) is 10.0 Å². The Morgan fingerprint density at radius 1 is 1.37 bits per heavy atom. The molecule has 0 saturated carbocycles. The molecular weight excluding hydrogens is 296 g/mol. The van der Waals surface area contributed by atoms with Crippen molar-refractivity contribution in [3.05, 3.63) is 18.2 Å². The van der Waals surface area contributed by atoms with Crippen molar-refractivity contribution < 1.29 is 17.2 Å². The lowest BCUT2D eigenvalue weighted by atomic mass is 10.3. The minimum atomic E-state index is -3.99. The highest BCUT2D eigenvalue weighted by atomic mass is 32.2. The third-order valence-electron chi connectivity index (χ3n) is 2.56. The summed E-state index contributed by atoms with van der Waals surface area (Å²) in [4.78, 5) is -0.0822. The molecule has 1 aromatic heterocycles. The van der Waals surface area contributed by atoms with Crippen LogP contribution in [0.3, 0.4) is 0 Å². The van der Waals surface area contributed by atoms with Crippen LogP contribution in [0.5, 0.6) is 0 Å². The van der Waals surface area contributed by atoms with E-state index in [1.54, 1.807) is 6.07 Å². The van der Waals surface area contributed by atoms with E-state index in [1.807, 2.05) is 0 Å². The maximum absolute atomic E-state index is 12.4. The van der Waals surface area contributed by atoms with Crippen LogP contribution >= 0.6 is 11.7 Å². The first kappa shape index (κ1) is 14.2. The van der Waals surface area contributed by atoms with E-state index in [4.69, 9.17) is 0 Å².